The van der Waals surface area contributed by atoms with Crippen LogP contribution in [-0.4, -0.2) is 37.3 Å². The smallest absolute Gasteiger partial charge is 0.295 e. The lowest BCUT2D eigenvalue weighted by molar-refractivity contribution is -0.131. The van der Waals surface area contributed by atoms with Crippen LogP contribution in [0.5, 0.6) is 0 Å². The Kier molecular flexibility index (Phi) is 6.58. The third-order valence-electron chi connectivity index (χ3n) is 5.60. The molecule has 0 radical (unpaired) electrons. The Bertz CT molecular complexity index is 782. The maximum atomic E-state index is 13.2. The molecule has 1 fully saturated rings. The summed E-state index contributed by atoms with van der Waals surface area (Å²) >= 11 is 1.82. The van der Waals surface area contributed by atoms with Gasteiger partial charge in [0, 0.05) is 17.0 Å². The summed E-state index contributed by atoms with van der Waals surface area (Å²) in [4.78, 5) is 13.2. The number of carbonyl (C=O) groups excluding carboxylic acids is 1. The lowest BCUT2D eigenvalue weighted by Crippen LogP contribution is -2.70. The summed E-state index contributed by atoms with van der Waals surface area (Å²) < 4.78 is 6.38. The van der Waals surface area contributed by atoms with Crippen molar-refractivity contribution in [3.8, 4) is 0 Å². The van der Waals surface area contributed by atoms with E-state index in [1.807, 2.05) is 48.2 Å². The standard InChI is InChI=1S/C23H32N2O2SSi/c1-22(2,3)29(18-12-8-6-9-13-18,19-14-10-7-11-15-19)27-25-21(26)20-23(4,5)28-17-16-24-20/h6-15,20,24H,16-17H2,1-5H3,(H,25,26). The van der Waals surface area contributed by atoms with Crippen molar-refractivity contribution in [2.45, 2.75) is 50.4 Å². The van der Waals surface area contributed by atoms with Crippen LogP contribution >= 0.6 is 11.8 Å². The van der Waals surface area contributed by atoms with Crippen LogP contribution in [0.25, 0.3) is 0 Å². The molecule has 1 heterocycles. The molecule has 0 aromatic heterocycles. The monoisotopic (exact) mass is 428 g/mol. The molecule has 1 amide bonds. The maximum Gasteiger partial charge on any atom is 0.295 e. The second-order valence-electron chi connectivity index (χ2n) is 9.07. The number of rotatable bonds is 5. The molecule has 2 N–H and O–H groups in total. The van der Waals surface area contributed by atoms with E-state index in [4.69, 9.17) is 4.53 Å². The zero-order valence-electron chi connectivity index (χ0n) is 18.0. The van der Waals surface area contributed by atoms with Crippen molar-refractivity contribution in [1.29, 1.82) is 0 Å². The second kappa shape index (κ2) is 8.64. The Hall–Kier alpha value is -1.60. The molecule has 1 aliphatic rings. The van der Waals surface area contributed by atoms with Gasteiger partial charge in [0.25, 0.3) is 14.2 Å². The summed E-state index contributed by atoms with van der Waals surface area (Å²) in [6.07, 6.45) is 0. The van der Waals surface area contributed by atoms with Crippen molar-refractivity contribution < 1.29 is 9.32 Å². The number of hydroxylamine groups is 1. The normalized spacial score (nSPS) is 19.6. The third-order valence-corrected chi connectivity index (χ3v) is 11.8. The highest BCUT2D eigenvalue weighted by Gasteiger charge is 2.52. The van der Waals surface area contributed by atoms with Crippen molar-refractivity contribution in [3.63, 3.8) is 0 Å². The van der Waals surface area contributed by atoms with Gasteiger partial charge in [-0.05, 0) is 29.3 Å². The molecule has 2 aromatic rings. The summed E-state index contributed by atoms with van der Waals surface area (Å²) in [5.41, 5.74) is 2.90. The summed E-state index contributed by atoms with van der Waals surface area (Å²) in [6.45, 7) is 11.6. The minimum Gasteiger partial charge on any atom is -0.308 e. The highest BCUT2D eigenvalue weighted by Crippen LogP contribution is 2.36. The van der Waals surface area contributed by atoms with E-state index in [1.54, 1.807) is 0 Å². The van der Waals surface area contributed by atoms with Crippen LogP contribution < -0.4 is 21.2 Å². The summed E-state index contributed by atoms with van der Waals surface area (Å²) in [5, 5.41) is 5.46. The van der Waals surface area contributed by atoms with Crippen molar-refractivity contribution in [2.75, 3.05) is 12.3 Å². The third kappa shape index (κ3) is 4.45. The first kappa shape index (κ1) is 22.1. The number of amides is 1. The van der Waals surface area contributed by atoms with Gasteiger partial charge in [0.2, 0.25) is 0 Å². The van der Waals surface area contributed by atoms with Gasteiger partial charge in [-0.2, -0.15) is 11.8 Å². The van der Waals surface area contributed by atoms with E-state index in [0.29, 0.717) is 0 Å². The average molecular weight is 429 g/mol. The van der Waals surface area contributed by atoms with Crippen LogP contribution in [0.4, 0.5) is 0 Å². The fourth-order valence-electron chi connectivity index (χ4n) is 4.09. The molecule has 3 rings (SSSR count). The molecule has 2 aromatic carbocycles. The van der Waals surface area contributed by atoms with Crippen LogP contribution in [0, 0.1) is 0 Å². The number of thioether (sulfide) groups is 1. The average Bonchev–Trinajstić information content (AvgIpc) is 2.68. The van der Waals surface area contributed by atoms with Crippen molar-refractivity contribution in [1.82, 2.24) is 10.8 Å². The van der Waals surface area contributed by atoms with Crippen molar-refractivity contribution in [3.05, 3.63) is 60.7 Å². The first-order valence-electron chi connectivity index (χ1n) is 10.1. The zero-order chi connectivity index (χ0) is 21.1. The first-order valence-corrected chi connectivity index (χ1v) is 13.0. The van der Waals surface area contributed by atoms with Gasteiger partial charge in [-0.1, -0.05) is 81.4 Å². The number of carbonyl (C=O) groups is 1. The van der Waals surface area contributed by atoms with E-state index in [1.165, 1.54) is 0 Å². The minimum absolute atomic E-state index is 0.102. The fraction of sp³-hybridized carbons (Fsp3) is 0.435. The van der Waals surface area contributed by atoms with E-state index in [-0.39, 0.29) is 21.7 Å². The van der Waals surface area contributed by atoms with E-state index >= 15 is 0 Å². The zero-order valence-corrected chi connectivity index (χ0v) is 19.8. The largest absolute Gasteiger partial charge is 0.308 e. The maximum absolute atomic E-state index is 13.2. The number of benzene rings is 2. The lowest BCUT2D eigenvalue weighted by atomic mass is 10.0. The van der Waals surface area contributed by atoms with Gasteiger partial charge < -0.3 is 9.84 Å². The molecule has 0 saturated carbocycles. The summed E-state index contributed by atoms with van der Waals surface area (Å²) in [5.74, 6) is 0.905. The van der Waals surface area contributed by atoms with E-state index in [2.05, 4.69) is 69.7 Å². The summed E-state index contributed by atoms with van der Waals surface area (Å²) in [7, 11) is -2.79. The molecule has 1 aliphatic heterocycles. The van der Waals surface area contributed by atoms with Gasteiger partial charge in [-0.15, -0.1) is 0 Å². The molecule has 0 aliphatic carbocycles. The van der Waals surface area contributed by atoms with Crippen molar-refractivity contribution in [2.24, 2.45) is 0 Å². The second-order valence-corrected chi connectivity index (χ2v) is 15.0. The van der Waals surface area contributed by atoms with Gasteiger partial charge in [-0.25, -0.2) is 5.48 Å². The molecule has 4 nitrogen and oxygen atoms in total. The van der Waals surface area contributed by atoms with E-state index < -0.39 is 8.32 Å². The Balaban J connectivity index is 1.99. The van der Waals surface area contributed by atoms with Crippen molar-refractivity contribution >= 4 is 36.4 Å². The Morgan fingerprint density at radius 1 is 1.07 bits per heavy atom. The van der Waals surface area contributed by atoms with Crippen LogP contribution in [0.2, 0.25) is 5.04 Å². The fourth-order valence-corrected chi connectivity index (χ4v) is 9.38. The lowest BCUT2D eigenvalue weighted by Gasteiger charge is -2.43. The van der Waals surface area contributed by atoms with Gasteiger partial charge in [0.15, 0.2) is 0 Å². The molecule has 1 saturated heterocycles. The first-order chi connectivity index (χ1) is 13.7. The molecular weight excluding hydrogens is 396 g/mol. The molecule has 156 valence electrons. The predicted octanol–water partition coefficient (Wildman–Crippen LogP) is 3.08. The molecule has 1 unspecified atom stereocenters. The van der Waals surface area contributed by atoms with Crippen LogP contribution in [-0.2, 0) is 9.32 Å². The SMILES string of the molecule is CC1(C)SCCNC1C(=O)NO[Si](c1ccccc1)(c1ccccc1)C(C)(C)C. The molecule has 6 heteroatoms. The number of nitrogens with one attached hydrogen (secondary N) is 2. The van der Waals surface area contributed by atoms with E-state index in [0.717, 1.165) is 22.7 Å². The topological polar surface area (TPSA) is 50.4 Å². The highest BCUT2D eigenvalue weighted by molar-refractivity contribution is 8.00. The van der Waals surface area contributed by atoms with Crippen LogP contribution in [0.15, 0.2) is 60.7 Å². The number of hydrogen-bond acceptors (Lipinski definition) is 4. The van der Waals surface area contributed by atoms with Gasteiger partial charge in [-0.3, -0.25) is 4.79 Å². The molecular formula is C23H32N2O2SSi. The van der Waals surface area contributed by atoms with Gasteiger partial charge in [0.1, 0.15) is 6.04 Å². The number of hydrogen-bond donors (Lipinski definition) is 2. The van der Waals surface area contributed by atoms with Crippen LogP contribution in [0.1, 0.15) is 34.6 Å². The van der Waals surface area contributed by atoms with Crippen LogP contribution in [0.3, 0.4) is 0 Å². The Morgan fingerprint density at radius 2 is 1.59 bits per heavy atom. The molecule has 0 bridgehead atoms. The molecule has 0 spiro atoms. The highest BCUT2D eigenvalue weighted by atomic mass is 32.2. The Morgan fingerprint density at radius 3 is 2.03 bits per heavy atom. The molecule has 1 atom stereocenters. The molecule has 29 heavy (non-hydrogen) atoms. The predicted molar refractivity (Wildman–Crippen MR) is 125 cm³/mol. The van der Waals surface area contributed by atoms with Gasteiger partial charge >= 0.3 is 0 Å². The quantitative estimate of drug-likeness (QED) is 0.568. The Labute approximate surface area is 179 Å². The van der Waals surface area contributed by atoms with E-state index in [9.17, 15) is 4.79 Å². The summed E-state index contributed by atoms with van der Waals surface area (Å²) in [6, 6.07) is 20.4. The van der Waals surface area contributed by atoms with Gasteiger partial charge in [0.05, 0.1) is 0 Å². The minimum atomic E-state index is -2.79.